The molecule has 0 saturated carbocycles. The Labute approximate surface area is 738 Å². The van der Waals surface area contributed by atoms with E-state index in [9.17, 15) is 87.5 Å². The Kier molecular flexibility index (Phi) is 60.9. The number of aliphatic hydroxyl groups excluding tert-OH is 2. The number of carbonyl (C=O) groups is 14. The maximum Gasteiger partial charge on any atom is 0.305 e. The Balaban J connectivity index is 3.63. The van der Waals surface area contributed by atoms with Crippen LogP contribution in [0.3, 0.4) is 0 Å². The zero-order valence-corrected chi connectivity index (χ0v) is 75.8. The Morgan fingerprint density at radius 1 is 0.403 bits per heavy atom. The number of aromatic hydroxyl groups is 1. The van der Waals surface area contributed by atoms with Crippen molar-refractivity contribution in [2.24, 2.45) is 97.3 Å². The predicted octanol–water partition coefficient (Wildman–Crippen LogP) is 4.36. The lowest BCUT2D eigenvalue weighted by atomic mass is 9.87. The zero-order chi connectivity index (χ0) is 93.1. The molecule has 1 rings (SSSR count). The molecule has 124 heavy (non-hydrogen) atoms. The fourth-order valence-corrected chi connectivity index (χ4v) is 15.1. The summed E-state index contributed by atoms with van der Waals surface area (Å²) in [5.74, 6) is -18.4. The minimum absolute atomic E-state index is 0.000718. The van der Waals surface area contributed by atoms with Gasteiger partial charge in [-0.25, -0.2) is 0 Å². The number of Topliss-reactive ketones (excluding diaryl/α,β-unsaturated/α-hetero) is 5. The van der Waals surface area contributed by atoms with Gasteiger partial charge in [-0.1, -0.05) is 137 Å². The molecule has 0 saturated heterocycles. The molecular weight excluding hydrogens is 1620 g/mol. The van der Waals surface area contributed by atoms with Crippen molar-refractivity contribution >= 4 is 106 Å². The second-order valence-electron chi connectivity index (χ2n) is 33.8. The molecule has 0 fully saturated rings. The van der Waals surface area contributed by atoms with Crippen LogP contribution >= 0.6 is 11.8 Å². The highest BCUT2D eigenvalue weighted by molar-refractivity contribution is 7.98. The van der Waals surface area contributed by atoms with Gasteiger partial charge >= 0.3 is 5.97 Å². The number of carboxylic acid groups (broad SMARTS) is 1. The summed E-state index contributed by atoms with van der Waals surface area (Å²) in [6.07, 6.45) is 15.1. The molecule has 0 radical (unpaired) electrons. The molecular formula is C88H155N17O18S. The first-order chi connectivity index (χ1) is 58.9. The molecule has 706 valence electrons. The number of amides is 8. The number of nitrogens with two attached hydrogens (primary N) is 8. The van der Waals surface area contributed by atoms with Crippen LogP contribution < -0.4 is 83.1 Å². The number of nitrogens with one attached hydrogen (secondary N) is 7. The van der Waals surface area contributed by atoms with Gasteiger partial charge in [-0.2, -0.15) is 11.8 Å². The Hall–Kier alpha value is -8.71. The number of nitrogens with zero attached hydrogens (tertiary/aromatic N) is 2. The Bertz CT molecular complexity index is 3430. The lowest BCUT2D eigenvalue weighted by molar-refractivity contribution is -0.142. The van der Waals surface area contributed by atoms with Gasteiger partial charge in [0.25, 0.3) is 0 Å². The summed E-state index contributed by atoms with van der Waals surface area (Å²) >= 11 is 1.27. The van der Waals surface area contributed by atoms with Crippen LogP contribution in [0.25, 0.3) is 0 Å². The molecule has 0 unspecified atom stereocenters. The fraction of sp³-hybridized carbons (Fsp3) is 0.750. The standard InChI is InChI=1S/C88H155N17O18S/c1-8-9-10-11-12-13-14-15-16-17-18-19-20-31-65(109)49-60(29-21-24-40-89)80(117)99-67(32-23-26-42-91)74(110)51-62(46-56(2)3)82(119)100-68(33-27-43-97-87(93)94)75(111)52-63(55-106)83(120)101-69(39-45-124-7)77(113)53-66(58(6)107)84(121)103-71(54-78(114)115)76(112)50-61(30-22-25-41-90)81(118)105-73(48-59-35-37-64(108)38-36-59)86(123)102-70(34-28-44-98-88(95)96)85(122)104-72(79(92)116)47-57(4)5/h35-38,56-58,60-63,66-73,106-108H,8-34,39-55,89-91H2,1-7H3,(H2,92,116)(H,99,117)(H,100,119)(H,101,120)(H,102,123)(H,103,121)(H,104,122)(H,105,118)(H,114,115)(H4,93,94,97)(H4,95,96,98)/t58-,60-,61-,62-,63+,66+,67+,68+,69+,70+,71+,72+,73+/m1/s1. The van der Waals surface area contributed by atoms with E-state index in [-0.39, 0.29) is 144 Å². The highest BCUT2D eigenvalue weighted by atomic mass is 32.2. The van der Waals surface area contributed by atoms with Crippen LogP contribution in [0.5, 0.6) is 5.75 Å². The van der Waals surface area contributed by atoms with Crippen molar-refractivity contribution in [2.45, 2.75) is 328 Å². The number of benzene rings is 1. The lowest BCUT2D eigenvalue weighted by Crippen LogP contribution is -2.57. The predicted molar refractivity (Wildman–Crippen MR) is 482 cm³/mol. The molecule has 0 spiro atoms. The number of aliphatic carboxylic acids is 1. The molecule has 0 bridgehead atoms. The van der Waals surface area contributed by atoms with Crippen LogP contribution in [-0.2, 0) is 73.5 Å². The number of aliphatic hydroxyl groups is 2. The van der Waals surface area contributed by atoms with Gasteiger partial charge in [0.1, 0.15) is 29.7 Å². The van der Waals surface area contributed by atoms with Crippen molar-refractivity contribution in [3.05, 3.63) is 29.8 Å². The number of primary amides is 1. The van der Waals surface area contributed by atoms with E-state index in [4.69, 9.17) is 45.9 Å². The number of hydrogen-bond acceptors (Lipinski definition) is 23. The summed E-state index contributed by atoms with van der Waals surface area (Å²) in [5.41, 5.74) is 45.9. The maximum atomic E-state index is 14.7. The van der Waals surface area contributed by atoms with E-state index in [0.717, 1.165) is 26.2 Å². The number of phenolic OH excluding ortho intramolecular Hbond substituents is 1. The SMILES string of the molecule is CCCCCCCCCCCCCCCC(=O)C[C@@H](CCCCN)C(=O)N[C@@H](CCCCN)C(=O)C[C@@H](CC(C)C)C(=O)N[C@@H](CCCN=C(N)N)C(=O)C[C@@H](CO)C(=O)N[C@@H](CCSC)C(=O)C[C@H](C(=O)N[C@@H](CC(=O)O)C(=O)C[C@@H](CCCCN)C(=O)N[C@@H](Cc1ccc(O)cc1)C(=O)N[C@@H](CCCN=C(N)N)C(=O)N[C@@H](CC(C)C)C(N)=O)[C@@H](C)O. The molecule has 0 aliphatic heterocycles. The molecule has 36 heteroatoms. The van der Waals surface area contributed by atoms with Gasteiger partial charge in [0.2, 0.25) is 47.3 Å². The molecule has 0 aliphatic carbocycles. The van der Waals surface area contributed by atoms with Crippen LogP contribution in [0.15, 0.2) is 34.3 Å². The van der Waals surface area contributed by atoms with Crippen LogP contribution in [0.4, 0.5) is 0 Å². The van der Waals surface area contributed by atoms with E-state index in [2.05, 4.69) is 54.1 Å². The zero-order valence-electron chi connectivity index (χ0n) is 75.0. The molecule has 0 aromatic heterocycles. The third-order valence-electron chi connectivity index (χ3n) is 21.8. The van der Waals surface area contributed by atoms with Crippen LogP contribution in [0.1, 0.15) is 278 Å². The average molecular weight is 1770 g/mol. The van der Waals surface area contributed by atoms with Gasteiger partial charge < -0.3 is 104 Å². The first-order valence-corrected chi connectivity index (χ1v) is 46.4. The van der Waals surface area contributed by atoms with E-state index in [1.165, 1.54) is 93.8 Å². The number of thioether (sulfide) groups is 1. The van der Waals surface area contributed by atoms with Gasteiger partial charge in [0.15, 0.2) is 35.1 Å². The van der Waals surface area contributed by atoms with E-state index in [1.54, 1.807) is 20.1 Å². The molecule has 13 atom stereocenters. The number of ketones is 5. The van der Waals surface area contributed by atoms with Crippen LogP contribution in [-0.4, -0.2) is 214 Å². The van der Waals surface area contributed by atoms with Crippen molar-refractivity contribution in [1.82, 2.24) is 37.2 Å². The average Bonchev–Trinajstić information content (AvgIpc) is 0.856. The topological polar surface area (TPSA) is 637 Å². The maximum absolute atomic E-state index is 14.7. The molecule has 27 N–H and O–H groups in total. The van der Waals surface area contributed by atoms with E-state index >= 15 is 0 Å². The van der Waals surface area contributed by atoms with Crippen LogP contribution in [0, 0.1) is 41.4 Å². The Morgan fingerprint density at radius 2 is 0.790 bits per heavy atom. The smallest absolute Gasteiger partial charge is 0.305 e. The molecule has 0 aliphatic rings. The van der Waals surface area contributed by atoms with Gasteiger partial charge in [-0.05, 0) is 164 Å². The summed E-state index contributed by atoms with van der Waals surface area (Å²) in [6.45, 7) is 10.6. The minimum Gasteiger partial charge on any atom is -0.508 e. The fourth-order valence-electron chi connectivity index (χ4n) is 14.7. The highest BCUT2D eigenvalue weighted by Crippen LogP contribution is 2.26. The molecule has 1 aromatic rings. The number of carbonyl (C=O) groups excluding carboxylic acids is 13. The summed E-state index contributed by atoms with van der Waals surface area (Å²) in [7, 11) is 0. The number of hydrogen-bond donors (Lipinski definition) is 19. The molecule has 8 amide bonds. The quantitative estimate of drug-likeness (QED) is 0.0245. The van der Waals surface area contributed by atoms with Crippen molar-refractivity contribution in [1.29, 1.82) is 0 Å². The van der Waals surface area contributed by atoms with Crippen molar-refractivity contribution < 1.29 is 87.5 Å². The third-order valence-corrected chi connectivity index (χ3v) is 22.5. The third kappa shape index (κ3) is 51.0. The van der Waals surface area contributed by atoms with Gasteiger partial charge in [-0.3, -0.25) is 77.1 Å². The number of aliphatic imine (C=N–C) groups is 2. The molecule has 1 aromatic carbocycles. The highest BCUT2D eigenvalue weighted by Gasteiger charge is 2.39. The second kappa shape index (κ2) is 66.7. The number of phenols is 1. The summed E-state index contributed by atoms with van der Waals surface area (Å²) in [4.78, 5) is 206. The van der Waals surface area contributed by atoms with Gasteiger partial charge in [0.05, 0.1) is 55.1 Å². The monoisotopic (exact) mass is 1770 g/mol. The first-order valence-electron chi connectivity index (χ1n) is 45.0. The van der Waals surface area contributed by atoms with Gasteiger partial charge in [-0.15, -0.1) is 0 Å². The first kappa shape index (κ1) is 113. The summed E-state index contributed by atoms with van der Waals surface area (Å²) in [5, 5.41) is 61.0. The lowest BCUT2D eigenvalue weighted by Gasteiger charge is -2.27. The molecule has 0 heterocycles. The number of guanidine groups is 2. The number of unbranched alkanes of at least 4 members (excludes halogenated alkanes) is 15. The van der Waals surface area contributed by atoms with Crippen molar-refractivity contribution in [3.63, 3.8) is 0 Å². The van der Waals surface area contributed by atoms with Crippen molar-refractivity contribution in [2.75, 3.05) is 51.3 Å². The van der Waals surface area contributed by atoms with Crippen molar-refractivity contribution in [3.8, 4) is 5.75 Å². The van der Waals surface area contributed by atoms with E-state index < -0.39 is 187 Å². The number of carboxylic acids is 1. The molecule has 35 nitrogen and oxygen atoms in total. The Morgan fingerprint density at radius 3 is 1.25 bits per heavy atom. The second-order valence-corrected chi connectivity index (χ2v) is 34.8. The minimum atomic E-state index is -1.90. The van der Waals surface area contributed by atoms with Gasteiger partial charge in [0, 0.05) is 75.8 Å². The van der Waals surface area contributed by atoms with E-state index in [0.29, 0.717) is 70.0 Å². The number of rotatable bonds is 76. The normalized spacial score (nSPS) is 14.5. The largest absolute Gasteiger partial charge is 0.508 e. The van der Waals surface area contributed by atoms with E-state index in [1.807, 2.05) is 13.8 Å². The van der Waals surface area contributed by atoms with Crippen LogP contribution in [0.2, 0.25) is 0 Å². The summed E-state index contributed by atoms with van der Waals surface area (Å²) < 4.78 is 0. The summed E-state index contributed by atoms with van der Waals surface area (Å²) in [6, 6.07) is -4.14.